The zero-order chi connectivity index (χ0) is 66.3. The number of aliphatic hydroxyl groups excluding tert-OH is 2. The van der Waals surface area contributed by atoms with E-state index in [0.717, 1.165) is 70.5 Å². The normalized spacial score (nSPS) is 13.4. The van der Waals surface area contributed by atoms with Crippen LogP contribution in [0.5, 0.6) is 0 Å². The first kappa shape index (κ1) is 87.4. The van der Waals surface area contributed by atoms with Gasteiger partial charge in [0.15, 0.2) is 0 Å². The van der Waals surface area contributed by atoms with E-state index in [0.29, 0.717) is 12.5 Å². The molecule has 0 heterocycles. The average Bonchev–Trinajstić information content (AvgIpc) is 0.759. The van der Waals surface area contributed by atoms with Crippen LogP contribution < -0.4 is 84.1 Å². The summed E-state index contributed by atoms with van der Waals surface area (Å²) in [6, 6.07) is 44.5. The van der Waals surface area contributed by atoms with Crippen LogP contribution in [0.1, 0.15) is 306 Å². The third kappa shape index (κ3) is 37.6. The second-order valence-corrected chi connectivity index (χ2v) is 38.6. The number of halogens is 1. The maximum absolute atomic E-state index is 10.6. The largest absolute Gasteiger partial charge is 1.00 e. The molecule has 4 unspecified atom stereocenters. The van der Waals surface area contributed by atoms with E-state index in [1.54, 1.807) is 0 Å². The molecule has 2 N–H and O–H groups in total. The van der Waals surface area contributed by atoms with E-state index in [9.17, 15) is 15.0 Å². The molecule has 9 nitrogen and oxygen atoms in total. The Hall–Kier alpha value is -1.61. The minimum atomic E-state index is -5.94. The Balaban J connectivity index is 0.000000852. The van der Waals surface area contributed by atoms with Crippen molar-refractivity contribution in [3.8, 4) is 0 Å². The summed E-state index contributed by atoms with van der Waals surface area (Å²) in [5.41, 5.74) is 0. The number of hydrogen-bond donors (Lipinski definition) is 2. The Morgan fingerprint density at radius 2 is 0.560 bits per heavy atom. The predicted octanol–water partition coefficient (Wildman–Crippen LogP) is 9.92. The fourth-order valence-electron chi connectivity index (χ4n) is 13.1. The molecule has 0 spiro atoms. The standard InChI is InChI=1S/C43H74O3Si.C35H56O2Si.IO4.Na/c1-6-8-10-12-13-17-22-30-38(31-23-18-14-15-19-29-37-42(45)41(44)36-28-16-11-9-7-2)46-47(43(3,4)5,39-32-24-20-25-33-39)40-34-26-21-27-35-40;1-5-6-7-8-10-13-18-25-32(26-19-14-11-9-12-15-24-31-36)37-38(35(2,3)4,33-27-20-16-21-28-33)34-29-22-17-23-30-34;2-1(3,4)5;/h20-21,24-27,32-35,38,41-42,44-45H,6-19,22-23,28-31,36-37H2,1-5H3;16-17,20-23,27-32H,5-15,18-19,24-26H2,1-4H3;;/q;;-1;+1. The van der Waals surface area contributed by atoms with Crippen molar-refractivity contribution in [3.63, 3.8) is 0 Å². The molecule has 0 radical (unpaired) electrons. The third-order valence-corrected chi connectivity index (χ3v) is 28.4. The number of unbranched alkanes of at least 4 members (excludes halogenated alkanes) is 27. The van der Waals surface area contributed by atoms with Gasteiger partial charge in [0, 0.05) is 18.6 Å². The summed E-state index contributed by atoms with van der Waals surface area (Å²) < 4.78 is 49.7. The molecule has 512 valence electrons. The van der Waals surface area contributed by atoms with Crippen LogP contribution in [0.4, 0.5) is 0 Å². The van der Waals surface area contributed by atoms with Crippen LogP contribution in [0, 0.1) is 0 Å². The Kier molecular flexibility index (Phi) is 50.4. The van der Waals surface area contributed by atoms with E-state index in [-0.39, 0.29) is 45.7 Å². The molecule has 0 aliphatic rings. The SMILES string of the molecule is CCCCCCCCCC(CCCCCCCCC(O)C(O)CCCCCCC)O[Si](c1ccccc1)(c1ccccc1)C(C)(C)C.CCCCCCCCCC(CCCCCCCCC=O)O[Si](c1ccccc1)(c1ccccc1)C(C)(C)C.[Na+].[O-][I+3]([O-])([O-])[O-]. The summed E-state index contributed by atoms with van der Waals surface area (Å²) >= 11 is -5.94. The van der Waals surface area contributed by atoms with Crippen molar-refractivity contribution in [2.75, 3.05) is 0 Å². The van der Waals surface area contributed by atoms with Crippen molar-refractivity contribution in [2.24, 2.45) is 0 Å². The quantitative estimate of drug-likeness (QED) is 0.0189. The molecular formula is C78H130INaO9Si2. The van der Waals surface area contributed by atoms with Gasteiger partial charge in [-0.15, -0.1) is 0 Å². The first-order valence-corrected chi connectivity index (χ1v) is 43.5. The molecule has 0 saturated heterocycles. The zero-order valence-corrected chi connectivity index (χ0v) is 65.6. The van der Waals surface area contributed by atoms with Gasteiger partial charge in [-0.25, -0.2) is 0 Å². The topological polar surface area (TPSA) is 168 Å². The van der Waals surface area contributed by atoms with Crippen molar-refractivity contribution in [1.29, 1.82) is 0 Å². The monoisotopic (exact) mass is 1420 g/mol. The number of rotatable bonds is 49. The molecule has 0 bridgehead atoms. The number of aliphatic hydroxyl groups is 2. The van der Waals surface area contributed by atoms with Gasteiger partial charge >= 0.3 is 29.6 Å². The molecule has 4 aromatic carbocycles. The van der Waals surface area contributed by atoms with Crippen molar-refractivity contribution >= 4 is 43.7 Å². The minimum absolute atomic E-state index is 0. The second kappa shape index (κ2) is 52.5. The van der Waals surface area contributed by atoms with E-state index in [4.69, 9.17) is 22.6 Å². The van der Waals surface area contributed by atoms with E-state index < -0.39 is 48.9 Å². The van der Waals surface area contributed by atoms with Gasteiger partial charge in [0.05, 0.1) is 12.2 Å². The Morgan fingerprint density at radius 3 is 0.769 bits per heavy atom. The van der Waals surface area contributed by atoms with Crippen molar-refractivity contribution in [1.82, 2.24) is 0 Å². The smallest absolute Gasteiger partial charge is 0.404 e. The fraction of sp³-hybridized carbons (Fsp3) is 0.679. The molecule has 91 heavy (non-hydrogen) atoms. The molecule has 0 aliphatic heterocycles. The summed E-state index contributed by atoms with van der Waals surface area (Å²) in [4.78, 5) is 10.6. The molecule has 0 saturated carbocycles. The number of aldehydes is 1. The van der Waals surface area contributed by atoms with Gasteiger partial charge in [-0.1, -0.05) is 376 Å². The van der Waals surface area contributed by atoms with Crippen LogP contribution in [0.25, 0.3) is 0 Å². The average molecular weight is 1420 g/mol. The van der Waals surface area contributed by atoms with Gasteiger partial charge in [-0.2, -0.15) is 0 Å². The molecule has 0 fully saturated rings. The molecule has 0 aromatic heterocycles. The Morgan fingerprint density at radius 1 is 0.363 bits per heavy atom. The van der Waals surface area contributed by atoms with E-state index in [1.807, 2.05) is 0 Å². The third-order valence-electron chi connectivity index (χ3n) is 18.2. The van der Waals surface area contributed by atoms with Crippen molar-refractivity contribution < 1.29 is 87.3 Å². The zero-order valence-electron chi connectivity index (χ0n) is 59.4. The van der Waals surface area contributed by atoms with Gasteiger partial charge < -0.3 is 23.9 Å². The Bertz CT molecular complexity index is 2180. The molecule has 0 aliphatic carbocycles. The molecule has 4 atom stereocenters. The van der Waals surface area contributed by atoms with Crippen LogP contribution >= 0.6 is 0 Å². The summed E-state index contributed by atoms with van der Waals surface area (Å²) in [7, 11) is -5.09. The molecule has 4 aromatic rings. The second-order valence-electron chi connectivity index (χ2n) is 27.9. The van der Waals surface area contributed by atoms with E-state index >= 15 is 0 Å². The van der Waals surface area contributed by atoms with Crippen molar-refractivity contribution in [3.05, 3.63) is 121 Å². The first-order valence-electron chi connectivity index (χ1n) is 36.2. The van der Waals surface area contributed by atoms with Gasteiger partial charge in [-0.3, -0.25) is 13.7 Å². The van der Waals surface area contributed by atoms with Gasteiger partial charge in [0.1, 0.15) is 26.4 Å². The molecular weight excluding hydrogens is 1290 g/mol. The van der Waals surface area contributed by atoms with E-state index in [1.165, 1.54) is 194 Å². The maximum atomic E-state index is 10.6. The molecule has 4 rings (SSSR count). The van der Waals surface area contributed by atoms with Crippen LogP contribution in [-0.2, 0) is 13.6 Å². The maximum Gasteiger partial charge on any atom is 1.00 e. The van der Waals surface area contributed by atoms with Gasteiger partial charge in [-0.05, 0) is 75.8 Å². The fourth-order valence-corrected chi connectivity index (χ4v) is 22.6. The Labute approximate surface area is 588 Å². The van der Waals surface area contributed by atoms with Crippen LogP contribution in [0.3, 0.4) is 0 Å². The summed E-state index contributed by atoms with van der Waals surface area (Å²) in [6.45, 7) is 21.2. The number of benzene rings is 4. The van der Waals surface area contributed by atoms with Crippen molar-refractivity contribution in [2.45, 2.75) is 341 Å². The first-order chi connectivity index (χ1) is 43.2. The van der Waals surface area contributed by atoms with Crippen LogP contribution in [-0.4, -0.2) is 57.5 Å². The number of hydrogen-bond acceptors (Lipinski definition) is 9. The summed E-state index contributed by atoms with van der Waals surface area (Å²) in [6.07, 6.45) is 46.1. The number of carbonyl (C=O) groups excluding carboxylic acids is 1. The number of carbonyl (C=O) groups is 1. The van der Waals surface area contributed by atoms with Crippen LogP contribution in [0.2, 0.25) is 10.1 Å². The van der Waals surface area contributed by atoms with E-state index in [2.05, 4.69) is 184 Å². The van der Waals surface area contributed by atoms with Crippen LogP contribution in [0.15, 0.2) is 121 Å². The molecule has 13 heteroatoms. The minimum Gasteiger partial charge on any atom is -0.404 e. The molecule has 0 amide bonds. The van der Waals surface area contributed by atoms with Gasteiger partial charge in [0.2, 0.25) is 0 Å². The van der Waals surface area contributed by atoms with Gasteiger partial charge in [0.25, 0.3) is 16.6 Å². The predicted molar refractivity (Wildman–Crippen MR) is 376 cm³/mol. The summed E-state index contributed by atoms with van der Waals surface area (Å²) in [5, 5.41) is 26.3. The summed E-state index contributed by atoms with van der Waals surface area (Å²) in [5.74, 6) is 0.